The van der Waals surface area contributed by atoms with E-state index in [4.69, 9.17) is 16.0 Å². The number of nitrogens with one attached hydrogen (secondary N) is 1. The molecule has 9 heteroatoms. The van der Waals surface area contributed by atoms with Gasteiger partial charge in [-0.15, -0.1) is 0 Å². The summed E-state index contributed by atoms with van der Waals surface area (Å²) in [5.74, 6) is 0.0318. The van der Waals surface area contributed by atoms with Crippen LogP contribution >= 0.6 is 11.6 Å². The van der Waals surface area contributed by atoms with E-state index in [2.05, 4.69) is 10.3 Å². The van der Waals surface area contributed by atoms with Crippen LogP contribution in [-0.4, -0.2) is 36.7 Å². The van der Waals surface area contributed by atoms with Crippen molar-refractivity contribution < 1.29 is 17.6 Å². The maximum absolute atomic E-state index is 12.7. The van der Waals surface area contributed by atoms with Gasteiger partial charge in [0.1, 0.15) is 15.8 Å². The molecule has 1 N–H and O–H groups in total. The Labute approximate surface area is 139 Å². The normalized spacial score (nSPS) is 11.6. The summed E-state index contributed by atoms with van der Waals surface area (Å²) in [5.41, 5.74) is 0. The number of carbonyl (C=O) groups is 1. The molecule has 2 heterocycles. The van der Waals surface area contributed by atoms with Gasteiger partial charge in [0.2, 0.25) is 15.9 Å². The Kier molecular flexibility index (Phi) is 5.75. The van der Waals surface area contributed by atoms with Gasteiger partial charge >= 0.3 is 0 Å². The number of rotatable bonds is 7. The molecule has 23 heavy (non-hydrogen) atoms. The van der Waals surface area contributed by atoms with Gasteiger partial charge in [-0.3, -0.25) is 4.79 Å². The Balaban J connectivity index is 2.30. The lowest BCUT2D eigenvalue weighted by atomic mass is 10.4. The first-order valence-corrected chi connectivity index (χ1v) is 8.66. The number of pyridine rings is 1. The molecule has 0 aromatic carbocycles. The molecule has 2 aromatic heterocycles. The minimum absolute atomic E-state index is 0.0437. The Hall–Kier alpha value is -1.90. The fourth-order valence-corrected chi connectivity index (χ4v) is 3.30. The van der Waals surface area contributed by atoms with Gasteiger partial charge in [-0.25, -0.2) is 13.4 Å². The van der Waals surface area contributed by atoms with Crippen LogP contribution < -0.4 is 5.32 Å². The number of nitrogens with zero attached hydrogens (tertiary/aromatic N) is 2. The number of hydrogen-bond donors (Lipinski definition) is 1. The molecule has 0 aliphatic carbocycles. The van der Waals surface area contributed by atoms with Crippen LogP contribution in [0.5, 0.6) is 0 Å². The van der Waals surface area contributed by atoms with Crippen LogP contribution in [0.4, 0.5) is 0 Å². The van der Waals surface area contributed by atoms with E-state index in [1.165, 1.54) is 18.4 Å². The largest absolute Gasteiger partial charge is 0.468 e. The first-order chi connectivity index (χ1) is 10.9. The topological polar surface area (TPSA) is 92.5 Å². The third-order valence-corrected chi connectivity index (χ3v) is 4.94. The van der Waals surface area contributed by atoms with Crippen molar-refractivity contribution in [3.8, 4) is 0 Å². The lowest BCUT2D eigenvalue weighted by Crippen LogP contribution is -2.40. The molecular weight excluding hydrogens is 342 g/mol. The molecule has 124 valence electrons. The Morgan fingerprint density at radius 1 is 1.39 bits per heavy atom. The van der Waals surface area contributed by atoms with Gasteiger partial charge in [0.15, 0.2) is 0 Å². The molecule has 0 unspecified atom stereocenters. The van der Waals surface area contributed by atoms with Crippen LogP contribution in [0.2, 0.25) is 5.15 Å². The highest BCUT2D eigenvalue weighted by atomic mass is 35.5. The quantitative estimate of drug-likeness (QED) is 0.761. The van der Waals surface area contributed by atoms with Crippen molar-refractivity contribution in [3.63, 3.8) is 0 Å². The monoisotopic (exact) mass is 357 g/mol. The van der Waals surface area contributed by atoms with Crippen molar-refractivity contribution in [2.75, 3.05) is 13.1 Å². The molecule has 0 spiro atoms. The molecule has 0 atom stereocenters. The van der Waals surface area contributed by atoms with Gasteiger partial charge in [0.05, 0.1) is 19.4 Å². The number of halogens is 1. The first kappa shape index (κ1) is 17.5. The van der Waals surface area contributed by atoms with Crippen molar-refractivity contribution in [1.82, 2.24) is 14.6 Å². The summed E-state index contributed by atoms with van der Waals surface area (Å²) < 4.78 is 31.7. The summed E-state index contributed by atoms with van der Waals surface area (Å²) in [6.07, 6.45) is 2.60. The van der Waals surface area contributed by atoms with E-state index in [1.54, 1.807) is 19.1 Å². The van der Waals surface area contributed by atoms with Crippen molar-refractivity contribution in [1.29, 1.82) is 0 Å². The molecule has 2 rings (SSSR count). The lowest BCUT2D eigenvalue weighted by Gasteiger charge is -2.20. The van der Waals surface area contributed by atoms with E-state index in [0.29, 0.717) is 12.3 Å². The minimum atomic E-state index is -3.92. The summed E-state index contributed by atoms with van der Waals surface area (Å²) in [6, 6.07) is 6.01. The number of carbonyl (C=O) groups excluding carboxylic acids is 1. The highest BCUT2D eigenvalue weighted by molar-refractivity contribution is 7.89. The molecule has 2 aromatic rings. The number of amides is 1. The van der Waals surface area contributed by atoms with Crippen molar-refractivity contribution in [3.05, 3.63) is 47.6 Å². The Bertz CT molecular complexity index is 745. The van der Waals surface area contributed by atoms with Gasteiger partial charge < -0.3 is 9.73 Å². The highest BCUT2D eigenvalue weighted by Crippen LogP contribution is 2.19. The first-order valence-electron chi connectivity index (χ1n) is 6.84. The number of hydrogen-bond acceptors (Lipinski definition) is 5. The molecule has 0 radical (unpaired) electrons. The predicted octanol–water partition coefficient (Wildman–Crippen LogP) is 1.65. The molecular formula is C14H16ClN3O4S. The molecule has 0 saturated heterocycles. The fraction of sp³-hybridized carbons (Fsp3) is 0.286. The minimum Gasteiger partial charge on any atom is -0.468 e. The number of furan rings is 1. The summed E-state index contributed by atoms with van der Waals surface area (Å²) in [5, 5.41) is 2.76. The van der Waals surface area contributed by atoms with Gasteiger partial charge in [-0.1, -0.05) is 11.6 Å². The summed E-state index contributed by atoms with van der Waals surface area (Å²) in [7, 11) is -3.92. The van der Waals surface area contributed by atoms with Crippen LogP contribution in [0.25, 0.3) is 0 Å². The standard InChI is InChI=1S/C14H16ClN3O4S/c1-2-16-14(19)10-18(9-11-4-3-7-22-11)23(20,21)12-5-6-13(15)17-8-12/h3-8H,2,9-10H2,1H3,(H,16,19). The van der Waals surface area contributed by atoms with Crippen LogP contribution in [0.3, 0.4) is 0 Å². The SMILES string of the molecule is CCNC(=O)CN(Cc1ccco1)S(=O)(=O)c1ccc(Cl)nc1. The van der Waals surface area contributed by atoms with Crippen molar-refractivity contribution in [2.45, 2.75) is 18.4 Å². The molecule has 0 fully saturated rings. The fourth-order valence-electron chi connectivity index (χ4n) is 1.88. The summed E-state index contributed by atoms with van der Waals surface area (Å²) in [4.78, 5) is 15.6. The third kappa shape index (κ3) is 4.54. The van der Waals surface area contributed by atoms with Gasteiger partial charge in [0.25, 0.3) is 0 Å². The lowest BCUT2D eigenvalue weighted by molar-refractivity contribution is -0.121. The molecule has 1 amide bonds. The van der Waals surface area contributed by atoms with Crippen LogP contribution in [0.15, 0.2) is 46.0 Å². The number of aromatic nitrogens is 1. The highest BCUT2D eigenvalue weighted by Gasteiger charge is 2.27. The van der Waals surface area contributed by atoms with E-state index in [0.717, 1.165) is 10.5 Å². The van der Waals surface area contributed by atoms with Gasteiger partial charge in [-0.2, -0.15) is 4.31 Å². The molecule has 0 aliphatic heterocycles. The Morgan fingerprint density at radius 3 is 2.74 bits per heavy atom. The maximum Gasteiger partial charge on any atom is 0.245 e. The van der Waals surface area contributed by atoms with Crippen LogP contribution in [-0.2, 0) is 21.4 Å². The molecule has 0 saturated carbocycles. The summed E-state index contributed by atoms with van der Waals surface area (Å²) in [6.45, 7) is 1.79. The predicted molar refractivity (Wildman–Crippen MR) is 84.2 cm³/mol. The van der Waals surface area contributed by atoms with E-state index in [-0.39, 0.29) is 23.1 Å². The molecule has 7 nitrogen and oxygen atoms in total. The maximum atomic E-state index is 12.7. The second kappa shape index (κ2) is 7.58. The van der Waals surface area contributed by atoms with E-state index >= 15 is 0 Å². The average molecular weight is 358 g/mol. The summed E-state index contributed by atoms with van der Waals surface area (Å²) >= 11 is 5.68. The van der Waals surface area contributed by atoms with Crippen molar-refractivity contribution >= 4 is 27.5 Å². The third-order valence-electron chi connectivity index (χ3n) is 2.94. The van der Waals surface area contributed by atoms with Gasteiger partial charge in [-0.05, 0) is 31.2 Å². The molecule has 0 aliphatic rings. The Morgan fingerprint density at radius 2 is 2.17 bits per heavy atom. The van der Waals surface area contributed by atoms with Crippen LogP contribution in [0, 0.1) is 0 Å². The van der Waals surface area contributed by atoms with E-state index in [9.17, 15) is 13.2 Å². The molecule has 0 bridgehead atoms. The smallest absolute Gasteiger partial charge is 0.245 e. The number of likely N-dealkylation sites (N-methyl/N-ethyl adjacent to an activating group) is 1. The second-order valence-corrected chi connectivity index (χ2v) is 6.95. The van der Waals surface area contributed by atoms with Crippen LogP contribution in [0.1, 0.15) is 12.7 Å². The average Bonchev–Trinajstić information content (AvgIpc) is 3.00. The zero-order valence-electron chi connectivity index (χ0n) is 12.4. The zero-order valence-corrected chi connectivity index (χ0v) is 14.0. The zero-order chi connectivity index (χ0) is 16.9. The van der Waals surface area contributed by atoms with E-state index in [1.807, 2.05) is 0 Å². The second-order valence-electron chi connectivity index (χ2n) is 4.62. The van der Waals surface area contributed by atoms with E-state index < -0.39 is 15.9 Å². The van der Waals surface area contributed by atoms with Gasteiger partial charge in [0, 0.05) is 12.7 Å². The van der Waals surface area contributed by atoms with Crippen molar-refractivity contribution in [2.24, 2.45) is 0 Å². The number of sulfonamides is 1.